The number of carbonyl (C=O) groups is 2. The van der Waals surface area contributed by atoms with Crippen LogP contribution in [0.15, 0.2) is 91.3 Å². The molecule has 0 aliphatic rings. The Labute approximate surface area is 152 Å². The molecule has 26 heavy (non-hydrogen) atoms. The van der Waals surface area contributed by atoms with Gasteiger partial charge in [0, 0.05) is 23.5 Å². The summed E-state index contributed by atoms with van der Waals surface area (Å²) in [5.74, 6) is -0.383. The van der Waals surface area contributed by atoms with Crippen LogP contribution in [0.1, 0.15) is 31.8 Å². The van der Waals surface area contributed by atoms with Gasteiger partial charge in [-0.2, -0.15) is 0 Å². The molecule has 0 aliphatic carbocycles. The van der Waals surface area contributed by atoms with Crippen LogP contribution in [0, 0.1) is 0 Å². The van der Waals surface area contributed by atoms with Gasteiger partial charge in [0.05, 0.1) is 0 Å². The minimum atomic E-state index is -0.192. The van der Waals surface area contributed by atoms with Crippen molar-refractivity contribution in [3.05, 3.63) is 114 Å². The van der Waals surface area contributed by atoms with E-state index >= 15 is 0 Å². The molecule has 0 amide bonds. The highest BCUT2D eigenvalue weighted by Gasteiger charge is 2.08. The lowest BCUT2D eigenvalue weighted by atomic mass is 10.1. The Bertz CT molecular complexity index is 881. The summed E-state index contributed by atoms with van der Waals surface area (Å²) in [4.78, 5) is 28.7. The number of ketones is 2. The summed E-state index contributed by atoms with van der Waals surface area (Å²) in [7, 11) is 0. The molecule has 3 heteroatoms. The molecule has 2 aromatic carbocycles. The zero-order valence-corrected chi connectivity index (χ0v) is 14.1. The van der Waals surface area contributed by atoms with Crippen LogP contribution in [-0.4, -0.2) is 16.6 Å². The minimum Gasteiger partial charge on any atom is -0.289 e. The first-order valence-electron chi connectivity index (χ1n) is 8.22. The van der Waals surface area contributed by atoms with Crippen LogP contribution in [0.3, 0.4) is 0 Å². The van der Waals surface area contributed by atoms with Gasteiger partial charge in [-0.05, 0) is 29.3 Å². The molecule has 3 aromatic rings. The van der Waals surface area contributed by atoms with Crippen molar-refractivity contribution < 1.29 is 9.59 Å². The lowest BCUT2D eigenvalue weighted by Crippen LogP contribution is -2.01. The van der Waals surface area contributed by atoms with Crippen LogP contribution in [0.4, 0.5) is 0 Å². The van der Waals surface area contributed by atoms with Gasteiger partial charge in [-0.1, -0.05) is 72.8 Å². The molecule has 0 saturated carbocycles. The van der Waals surface area contributed by atoms with Crippen LogP contribution < -0.4 is 0 Å². The highest BCUT2D eigenvalue weighted by molar-refractivity contribution is 6.10. The Hall–Kier alpha value is -3.59. The topological polar surface area (TPSA) is 47.0 Å². The third kappa shape index (κ3) is 4.71. The van der Waals surface area contributed by atoms with E-state index < -0.39 is 0 Å². The van der Waals surface area contributed by atoms with Crippen molar-refractivity contribution >= 4 is 23.7 Å². The monoisotopic (exact) mass is 339 g/mol. The third-order valence-electron chi connectivity index (χ3n) is 3.76. The van der Waals surface area contributed by atoms with E-state index in [2.05, 4.69) is 4.98 Å². The highest BCUT2D eigenvalue weighted by Crippen LogP contribution is 2.09. The van der Waals surface area contributed by atoms with Crippen LogP contribution in [0.25, 0.3) is 12.2 Å². The molecule has 1 heterocycles. The lowest BCUT2D eigenvalue weighted by molar-refractivity contribution is 0.104. The number of carbonyl (C=O) groups excluding carboxylic acids is 2. The van der Waals surface area contributed by atoms with Crippen LogP contribution >= 0.6 is 0 Å². The zero-order valence-electron chi connectivity index (χ0n) is 14.1. The maximum atomic E-state index is 12.3. The molecule has 0 N–H and O–H groups in total. The SMILES string of the molecule is O=C(C=Cc1ccccc1)c1cncc(C(=O)C=Cc2ccccc2)c1. The molecule has 3 rings (SSSR count). The van der Waals surface area contributed by atoms with E-state index in [-0.39, 0.29) is 11.6 Å². The predicted octanol–water partition coefficient (Wildman–Crippen LogP) is 4.87. The maximum Gasteiger partial charge on any atom is 0.187 e. The van der Waals surface area contributed by atoms with Crippen molar-refractivity contribution in [2.75, 3.05) is 0 Å². The van der Waals surface area contributed by atoms with Crippen molar-refractivity contribution in [2.24, 2.45) is 0 Å². The lowest BCUT2D eigenvalue weighted by Gasteiger charge is -1.99. The third-order valence-corrected chi connectivity index (χ3v) is 3.76. The van der Waals surface area contributed by atoms with Crippen LogP contribution in [0.5, 0.6) is 0 Å². The average Bonchev–Trinajstić information content (AvgIpc) is 2.72. The second-order valence-electron chi connectivity index (χ2n) is 5.68. The fourth-order valence-corrected chi connectivity index (χ4v) is 2.37. The quantitative estimate of drug-likeness (QED) is 0.475. The number of benzene rings is 2. The number of aromatic nitrogens is 1. The highest BCUT2D eigenvalue weighted by atomic mass is 16.1. The first-order chi connectivity index (χ1) is 12.7. The predicted molar refractivity (Wildman–Crippen MR) is 104 cm³/mol. The molecule has 0 spiro atoms. The molecule has 3 nitrogen and oxygen atoms in total. The Morgan fingerprint density at radius 3 is 1.50 bits per heavy atom. The van der Waals surface area contributed by atoms with Crippen molar-refractivity contribution in [3.8, 4) is 0 Å². The van der Waals surface area contributed by atoms with E-state index in [1.165, 1.54) is 24.5 Å². The Morgan fingerprint density at radius 1 is 0.654 bits per heavy atom. The van der Waals surface area contributed by atoms with Gasteiger partial charge in [-0.15, -0.1) is 0 Å². The van der Waals surface area contributed by atoms with Crippen LogP contribution in [0.2, 0.25) is 0 Å². The van der Waals surface area contributed by atoms with Gasteiger partial charge >= 0.3 is 0 Å². The average molecular weight is 339 g/mol. The largest absolute Gasteiger partial charge is 0.289 e. The van der Waals surface area contributed by atoms with E-state index in [0.29, 0.717) is 11.1 Å². The number of nitrogens with zero attached hydrogens (tertiary/aromatic N) is 1. The minimum absolute atomic E-state index is 0.192. The molecule has 0 saturated heterocycles. The normalized spacial score (nSPS) is 11.1. The molecule has 0 unspecified atom stereocenters. The fraction of sp³-hybridized carbons (Fsp3) is 0. The number of rotatable bonds is 6. The van der Waals surface area contributed by atoms with E-state index in [1.54, 1.807) is 18.2 Å². The molecule has 1 aromatic heterocycles. The van der Waals surface area contributed by atoms with Gasteiger partial charge < -0.3 is 0 Å². The van der Waals surface area contributed by atoms with Gasteiger partial charge in [0.15, 0.2) is 11.6 Å². The fourth-order valence-electron chi connectivity index (χ4n) is 2.37. The molecular weight excluding hydrogens is 322 g/mol. The molecule has 0 fully saturated rings. The number of hydrogen-bond acceptors (Lipinski definition) is 3. The summed E-state index contributed by atoms with van der Waals surface area (Å²) < 4.78 is 0. The van der Waals surface area contributed by atoms with Crippen molar-refractivity contribution in [1.82, 2.24) is 4.98 Å². The summed E-state index contributed by atoms with van der Waals surface area (Å²) in [6.45, 7) is 0. The standard InChI is InChI=1S/C23H17NO2/c25-22(13-11-18-7-3-1-4-8-18)20-15-21(17-24-16-20)23(26)14-12-19-9-5-2-6-10-19/h1-17H. The Balaban J connectivity index is 1.73. The van der Waals surface area contributed by atoms with Crippen molar-refractivity contribution in [3.63, 3.8) is 0 Å². The van der Waals surface area contributed by atoms with Crippen molar-refractivity contribution in [1.29, 1.82) is 0 Å². The van der Waals surface area contributed by atoms with E-state index in [4.69, 9.17) is 0 Å². The second kappa shape index (κ2) is 8.49. The molecular formula is C23H17NO2. The number of allylic oxidation sites excluding steroid dienone is 2. The van der Waals surface area contributed by atoms with E-state index in [1.807, 2.05) is 60.7 Å². The molecule has 0 atom stereocenters. The Morgan fingerprint density at radius 2 is 1.08 bits per heavy atom. The van der Waals surface area contributed by atoms with Gasteiger partial charge in [0.1, 0.15) is 0 Å². The van der Waals surface area contributed by atoms with Gasteiger partial charge in [0.2, 0.25) is 0 Å². The second-order valence-corrected chi connectivity index (χ2v) is 5.68. The molecule has 0 radical (unpaired) electrons. The molecule has 126 valence electrons. The summed E-state index contributed by atoms with van der Waals surface area (Å²) in [5, 5.41) is 0. The van der Waals surface area contributed by atoms with Crippen LogP contribution in [-0.2, 0) is 0 Å². The zero-order chi connectivity index (χ0) is 18.2. The number of hydrogen-bond donors (Lipinski definition) is 0. The van der Waals surface area contributed by atoms with Gasteiger partial charge in [0.25, 0.3) is 0 Å². The van der Waals surface area contributed by atoms with Gasteiger partial charge in [-0.3, -0.25) is 14.6 Å². The summed E-state index contributed by atoms with van der Waals surface area (Å²) in [5.41, 5.74) is 2.64. The summed E-state index contributed by atoms with van der Waals surface area (Å²) in [6.07, 6.45) is 9.39. The van der Waals surface area contributed by atoms with Gasteiger partial charge in [-0.25, -0.2) is 0 Å². The summed E-state index contributed by atoms with van der Waals surface area (Å²) in [6, 6.07) is 20.7. The first kappa shape index (κ1) is 17.2. The smallest absolute Gasteiger partial charge is 0.187 e. The maximum absolute atomic E-state index is 12.3. The molecule has 0 aliphatic heterocycles. The van der Waals surface area contributed by atoms with Crippen molar-refractivity contribution in [2.45, 2.75) is 0 Å². The van der Waals surface area contributed by atoms with E-state index in [9.17, 15) is 9.59 Å². The molecule has 0 bridgehead atoms. The Kier molecular flexibility index (Phi) is 5.63. The summed E-state index contributed by atoms with van der Waals surface area (Å²) >= 11 is 0. The number of pyridine rings is 1. The first-order valence-corrected chi connectivity index (χ1v) is 8.22. The van der Waals surface area contributed by atoms with E-state index in [0.717, 1.165) is 11.1 Å².